The third kappa shape index (κ3) is 4.36. The molecule has 2 rings (SSSR count). The van der Waals surface area contributed by atoms with Crippen LogP contribution in [0, 0.1) is 10.1 Å². The molecule has 0 saturated carbocycles. The van der Waals surface area contributed by atoms with Crippen molar-refractivity contribution in [3.8, 4) is 5.75 Å². The van der Waals surface area contributed by atoms with E-state index in [1.54, 1.807) is 0 Å². The Morgan fingerprint density at radius 2 is 1.95 bits per heavy atom. The minimum absolute atomic E-state index is 0.0207. The summed E-state index contributed by atoms with van der Waals surface area (Å²) in [6.07, 6.45) is 2.09. The van der Waals surface area contributed by atoms with Crippen LogP contribution in [0.15, 0.2) is 42.5 Å². The fourth-order valence-corrected chi connectivity index (χ4v) is 2.06. The van der Waals surface area contributed by atoms with E-state index in [0.29, 0.717) is 17.3 Å². The Hall–Kier alpha value is -2.27. The molecule has 5 nitrogen and oxygen atoms in total. The molecule has 116 valence electrons. The maximum Gasteiger partial charge on any atom is 0.292 e. The van der Waals surface area contributed by atoms with Gasteiger partial charge in [-0.1, -0.05) is 24.9 Å². The number of hydrogen-bond acceptors (Lipinski definition) is 4. The van der Waals surface area contributed by atoms with Crippen molar-refractivity contribution < 1.29 is 9.66 Å². The van der Waals surface area contributed by atoms with E-state index in [0.717, 1.165) is 24.3 Å². The monoisotopic (exact) mass is 320 g/mol. The summed E-state index contributed by atoms with van der Waals surface area (Å²) in [5, 5.41) is 14.5. The van der Waals surface area contributed by atoms with Crippen LogP contribution in [-0.2, 0) is 0 Å². The molecule has 0 radical (unpaired) electrons. The van der Waals surface area contributed by atoms with Crippen LogP contribution in [-0.4, -0.2) is 11.5 Å². The Morgan fingerprint density at radius 3 is 2.59 bits per heavy atom. The lowest BCUT2D eigenvalue weighted by atomic mass is 10.2. The maximum atomic E-state index is 11.0. The van der Waals surface area contributed by atoms with Gasteiger partial charge >= 0.3 is 0 Å². The van der Waals surface area contributed by atoms with Crippen molar-refractivity contribution in [2.75, 3.05) is 11.9 Å². The highest BCUT2D eigenvalue weighted by molar-refractivity contribution is 6.31. The highest BCUT2D eigenvalue weighted by atomic mass is 35.5. The molecule has 0 atom stereocenters. The predicted octanol–water partition coefficient (Wildman–Crippen LogP) is 5.17. The second-order valence-corrected chi connectivity index (χ2v) is 5.21. The Bertz CT molecular complexity index is 644. The zero-order valence-corrected chi connectivity index (χ0v) is 13.0. The summed E-state index contributed by atoms with van der Waals surface area (Å²) < 4.78 is 5.58. The Labute approximate surface area is 134 Å². The van der Waals surface area contributed by atoms with Crippen molar-refractivity contribution in [3.05, 3.63) is 57.6 Å². The minimum Gasteiger partial charge on any atom is -0.494 e. The van der Waals surface area contributed by atoms with Gasteiger partial charge in [-0.15, -0.1) is 0 Å². The molecule has 0 aliphatic carbocycles. The first-order valence-electron chi connectivity index (χ1n) is 7.04. The van der Waals surface area contributed by atoms with Crippen molar-refractivity contribution in [2.45, 2.75) is 19.8 Å². The molecule has 0 amide bonds. The molecule has 0 aliphatic rings. The lowest BCUT2D eigenvalue weighted by molar-refractivity contribution is -0.383. The van der Waals surface area contributed by atoms with Gasteiger partial charge in [-0.25, -0.2) is 0 Å². The van der Waals surface area contributed by atoms with Crippen LogP contribution >= 0.6 is 11.6 Å². The van der Waals surface area contributed by atoms with E-state index in [-0.39, 0.29) is 5.69 Å². The average Bonchev–Trinajstić information content (AvgIpc) is 2.49. The zero-order chi connectivity index (χ0) is 15.9. The van der Waals surface area contributed by atoms with Crippen LogP contribution < -0.4 is 10.1 Å². The number of halogens is 1. The van der Waals surface area contributed by atoms with E-state index in [1.807, 2.05) is 24.3 Å². The summed E-state index contributed by atoms with van der Waals surface area (Å²) in [6, 6.07) is 11.7. The predicted molar refractivity (Wildman–Crippen MR) is 88.2 cm³/mol. The van der Waals surface area contributed by atoms with Gasteiger partial charge in [0.05, 0.1) is 11.5 Å². The molecule has 0 fully saturated rings. The number of nitro benzene ring substituents is 1. The third-order valence-corrected chi connectivity index (χ3v) is 3.29. The van der Waals surface area contributed by atoms with Gasteiger partial charge in [-0.3, -0.25) is 10.1 Å². The highest BCUT2D eigenvalue weighted by Crippen LogP contribution is 2.30. The van der Waals surface area contributed by atoms with Crippen molar-refractivity contribution >= 4 is 28.7 Å². The lowest BCUT2D eigenvalue weighted by Crippen LogP contribution is -1.98. The quantitative estimate of drug-likeness (QED) is 0.434. The molecule has 22 heavy (non-hydrogen) atoms. The van der Waals surface area contributed by atoms with Crippen LogP contribution in [0.3, 0.4) is 0 Å². The molecule has 2 aromatic carbocycles. The van der Waals surface area contributed by atoms with Gasteiger partial charge in [0.25, 0.3) is 5.69 Å². The summed E-state index contributed by atoms with van der Waals surface area (Å²) in [5.74, 6) is 0.777. The number of ether oxygens (including phenoxy) is 1. The lowest BCUT2D eigenvalue weighted by Gasteiger charge is -2.09. The molecule has 0 bridgehead atoms. The van der Waals surface area contributed by atoms with Crippen LogP contribution in [0.25, 0.3) is 0 Å². The summed E-state index contributed by atoms with van der Waals surface area (Å²) >= 11 is 5.90. The minimum atomic E-state index is -0.444. The van der Waals surface area contributed by atoms with Gasteiger partial charge in [0.2, 0.25) is 0 Å². The van der Waals surface area contributed by atoms with Gasteiger partial charge in [0.15, 0.2) is 0 Å². The highest BCUT2D eigenvalue weighted by Gasteiger charge is 2.14. The molecule has 2 aromatic rings. The van der Waals surface area contributed by atoms with Crippen LogP contribution in [0.2, 0.25) is 5.02 Å². The number of rotatable bonds is 7. The van der Waals surface area contributed by atoms with E-state index in [9.17, 15) is 10.1 Å². The van der Waals surface area contributed by atoms with Crippen LogP contribution in [0.4, 0.5) is 17.1 Å². The number of nitrogens with one attached hydrogen (secondary N) is 1. The standard InChI is InChI=1S/C16H17ClN2O3/c1-2-3-10-22-14-7-5-13(6-8-14)18-15-11-12(17)4-9-16(15)19(20)21/h4-9,11,18H,2-3,10H2,1H3. The summed E-state index contributed by atoms with van der Waals surface area (Å²) in [7, 11) is 0. The zero-order valence-electron chi connectivity index (χ0n) is 12.2. The maximum absolute atomic E-state index is 11.0. The third-order valence-electron chi connectivity index (χ3n) is 3.06. The number of anilines is 2. The van der Waals surface area contributed by atoms with E-state index in [4.69, 9.17) is 16.3 Å². The number of nitrogens with zero attached hydrogens (tertiary/aromatic N) is 1. The number of unbranched alkanes of at least 4 members (excludes halogenated alkanes) is 1. The van der Waals surface area contributed by atoms with Gasteiger partial charge in [0, 0.05) is 16.8 Å². The van der Waals surface area contributed by atoms with Gasteiger partial charge in [0.1, 0.15) is 11.4 Å². The first-order valence-corrected chi connectivity index (χ1v) is 7.42. The molecule has 0 unspecified atom stereocenters. The van der Waals surface area contributed by atoms with Crippen molar-refractivity contribution in [1.82, 2.24) is 0 Å². The molecule has 0 saturated heterocycles. The average molecular weight is 321 g/mol. The van der Waals surface area contributed by atoms with Gasteiger partial charge in [-0.05, 0) is 42.8 Å². The Morgan fingerprint density at radius 1 is 1.23 bits per heavy atom. The van der Waals surface area contributed by atoms with E-state index < -0.39 is 4.92 Å². The molecule has 0 heterocycles. The molecular weight excluding hydrogens is 304 g/mol. The van der Waals surface area contributed by atoms with E-state index in [1.165, 1.54) is 18.2 Å². The first kappa shape index (κ1) is 16.1. The SMILES string of the molecule is CCCCOc1ccc(Nc2cc(Cl)ccc2[N+](=O)[O-])cc1. The summed E-state index contributed by atoms with van der Waals surface area (Å²) in [4.78, 5) is 10.6. The molecule has 0 aliphatic heterocycles. The number of nitro groups is 1. The van der Waals surface area contributed by atoms with Crippen molar-refractivity contribution in [3.63, 3.8) is 0 Å². The van der Waals surface area contributed by atoms with Crippen molar-refractivity contribution in [1.29, 1.82) is 0 Å². The summed E-state index contributed by atoms with van der Waals surface area (Å²) in [6.45, 7) is 2.79. The smallest absolute Gasteiger partial charge is 0.292 e. The van der Waals surface area contributed by atoms with Crippen LogP contribution in [0.1, 0.15) is 19.8 Å². The Kier molecular flexibility index (Phi) is 5.61. The summed E-state index contributed by atoms with van der Waals surface area (Å²) in [5.41, 5.74) is 1.07. The van der Waals surface area contributed by atoms with Gasteiger partial charge < -0.3 is 10.1 Å². The first-order chi connectivity index (χ1) is 10.6. The van der Waals surface area contributed by atoms with Crippen molar-refractivity contribution in [2.24, 2.45) is 0 Å². The molecule has 0 spiro atoms. The molecule has 1 N–H and O–H groups in total. The molecule has 6 heteroatoms. The molecule has 0 aromatic heterocycles. The Balaban J connectivity index is 2.11. The second kappa shape index (κ2) is 7.66. The van der Waals surface area contributed by atoms with E-state index >= 15 is 0 Å². The number of benzene rings is 2. The topological polar surface area (TPSA) is 64.4 Å². The molecular formula is C16H17ClN2O3. The van der Waals surface area contributed by atoms with Crippen LogP contribution in [0.5, 0.6) is 5.75 Å². The number of hydrogen-bond donors (Lipinski definition) is 1. The van der Waals surface area contributed by atoms with Gasteiger partial charge in [-0.2, -0.15) is 0 Å². The fraction of sp³-hybridized carbons (Fsp3) is 0.250. The van der Waals surface area contributed by atoms with E-state index in [2.05, 4.69) is 12.2 Å². The second-order valence-electron chi connectivity index (χ2n) is 4.77. The fourth-order valence-electron chi connectivity index (χ4n) is 1.89. The largest absolute Gasteiger partial charge is 0.494 e. The normalized spacial score (nSPS) is 10.3.